The second-order valence-corrected chi connectivity index (χ2v) is 4.43. The second-order valence-electron chi connectivity index (χ2n) is 4.43. The molecule has 1 rings (SSSR count). The summed E-state index contributed by atoms with van der Waals surface area (Å²) in [5, 5.41) is 5.33. The summed E-state index contributed by atoms with van der Waals surface area (Å²) in [6.45, 7) is 1.75. The van der Waals surface area contributed by atoms with Gasteiger partial charge in [-0.25, -0.2) is 4.79 Å². The lowest BCUT2D eigenvalue weighted by Crippen LogP contribution is -2.49. The Kier molecular flexibility index (Phi) is 5.25. The molecule has 0 unspecified atom stereocenters. The van der Waals surface area contributed by atoms with E-state index in [1.807, 2.05) is 0 Å². The van der Waals surface area contributed by atoms with Crippen LogP contribution in [0.5, 0.6) is 0 Å². The molecular weight excluding hydrogens is 206 g/mol. The van der Waals surface area contributed by atoms with Crippen molar-refractivity contribution in [2.24, 2.45) is 5.73 Å². The number of nitrogens with two attached hydrogens (primary N) is 1. The van der Waals surface area contributed by atoms with Crippen LogP contribution in [0.1, 0.15) is 45.4 Å². The quantitative estimate of drug-likeness (QED) is 0.626. The minimum absolute atomic E-state index is 0.350. The predicted octanol–water partition coefficient (Wildman–Crippen LogP) is 0.882. The molecule has 5 nitrogen and oxygen atoms in total. The highest BCUT2D eigenvalue weighted by Gasteiger charge is 2.19. The molecule has 0 aromatic heterocycles. The molecule has 0 aromatic carbocycles. The summed E-state index contributed by atoms with van der Waals surface area (Å²) in [5.74, 6) is -0.350. The van der Waals surface area contributed by atoms with Gasteiger partial charge in [0.15, 0.2) is 0 Å². The first-order valence-corrected chi connectivity index (χ1v) is 5.96. The maximum Gasteiger partial charge on any atom is 0.318 e. The first-order chi connectivity index (χ1) is 7.59. The van der Waals surface area contributed by atoms with Crippen molar-refractivity contribution >= 4 is 11.9 Å². The number of imide groups is 1. The van der Waals surface area contributed by atoms with Crippen molar-refractivity contribution in [3.05, 3.63) is 0 Å². The first-order valence-electron chi connectivity index (χ1n) is 5.96. The van der Waals surface area contributed by atoms with E-state index >= 15 is 0 Å². The smallest absolute Gasteiger partial charge is 0.318 e. The highest BCUT2D eigenvalue weighted by atomic mass is 16.2. The summed E-state index contributed by atoms with van der Waals surface area (Å²) >= 11 is 0. The lowest BCUT2D eigenvalue weighted by Gasteiger charge is -2.20. The molecule has 0 aliphatic heterocycles. The number of nitrogens with one attached hydrogen (secondary N) is 2. The Morgan fingerprint density at radius 1 is 1.19 bits per heavy atom. The first kappa shape index (κ1) is 13.0. The number of amides is 3. The second kappa shape index (κ2) is 6.48. The summed E-state index contributed by atoms with van der Waals surface area (Å²) in [6.07, 6.45) is 7.19. The van der Waals surface area contributed by atoms with Gasteiger partial charge < -0.3 is 11.1 Å². The minimum Gasteiger partial charge on any atom is -0.351 e. The van der Waals surface area contributed by atoms with Crippen LogP contribution in [-0.4, -0.2) is 24.0 Å². The molecule has 0 bridgehead atoms. The van der Waals surface area contributed by atoms with Gasteiger partial charge in [-0.05, 0) is 19.8 Å². The maximum absolute atomic E-state index is 11.4. The molecule has 0 spiro atoms. The van der Waals surface area contributed by atoms with Crippen molar-refractivity contribution in [1.82, 2.24) is 10.6 Å². The van der Waals surface area contributed by atoms with Gasteiger partial charge in [-0.15, -0.1) is 0 Å². The number of carbonyl (C=O) groups excluding carboxylic acids is 2. The van der Waals surface area contributed by atoms with E-state index in [1.54, 1.807) is 6.92 Å². The van der Waals surface area contributed by atoms with Crippen molar-refractivity contribution in [3.63, 3.8) is 0 Å². The molecule has 1 atom stereocenters. The molecule has 0 heterocycles. The monoisotopic (exact) mass is 227 g/mol. The number of primary amides is 1. The Hall–Kier alpha value is -1.10. The summed E-state index contributed by atoms with van der Waals surface area (Å²) in [6, 6.07) is -0.772. The van der Waals surface area contributed by atoms with Crippen LogP contribution < -0.4 is 16.4 Å². The molecule has 92 valence electrons. The van der Waals surface area contributed by atoms with Gasteiger partial charge in [-0.1, -0.05) is 25.7 Å². The molecule has 1 saturated carbocycles. The van der Waals surface area contributed by atoms with E-state index in [0.717, 1.165) is 12.8 Å². The zero-order valence-electron chi connectivity index (χ0n) is 9.79. The Labute approximate surface area is 96.1 Å². The average molecular weight is 227 g/mol. The van der Waals surface area contributed by atoms with Gasteiger partial charge in [-0.3, -0.25) is 10.1 Å². The van der Waals surface area contributed by atoms with Crippen molar-refractivity contribution < 1.29 is 9.59 Å². The molecule has 1 aliphatic rings. The standard InChI is InChI=1S/C11H21N3O2/c1-8(10(15)14-11(12)16)13-9-6-4-2-3-5-7-9/h8-9,13H,2-7H2,1H3,(H3,12,14,15,16)/t8-/m0/s1. The van der Waals surface area contributed by atoms with E-state index in [4.69, 9.17) is 5.73 Å². The summed E-state index contributed by atoms with van der Waals surface area (Å²) in [5.41, 5.74) is 4.89. The number of urea groups is 1. The average Bonchev–Trinajstić information content (AvgIpc) is 2.45. The van der Waals surface area contributed by atoms with E-state index in [2.05, 4.69) is 10.6 Å². The van der Waals surface area contributed by atoms with E-state index < -0.39 is 6.03 Å². The Bertz CT molecular complexity index is 248. The van der Waals surface area contributed by atoms with Crippen LogP contribution >= 0.6 is 0 Å². The van der Waals surface area contributed by atoms with Crippen LogP contribution in [0, 0.1) is 0 Å². The third kappa shape index (κ3) is 4.61. The fourth-order valence-corrected chi connectivity index (χ4v) is 2.10. The van der Waals surface area contributed by atoms with Gasteiger partial charge in [0.2, 0.25) is 5.91 Å². The highest BCUT2D eigenvalue weighted by Crippen LogP contribution is 2.17. The van der Waals surface area contributed by atoms with Crippen LogP contribution in [-0.2, 0) is 4.79 Å². The third-order valence-corrected chi connectivity index (χ3v) is 2.98. The van der Waals surface area contributed by atoms with E-state index in [9.17, 15) is 9.59 Å². The third-order valence-electron chi connectivity index (χ3n) is 2.98. The van der Waals surface area contributed by atoms with Gasteiger partial charge in [0.25, 0.3) is 0 Å². The maximum atomic E-state index is 11.4. The highest BCUT2D eigenvalue weighted by molar-refractivity contribution is 5.96. The summed E-state index contributed by atoms with van der Waals surface area (Å²) in [7, 11) is 0. The molecule has 4 N–H and O–H groups in total. The minimum atomic E-state index is -0.792. The fraction of sp³-hybridized carbons (Fsp3) is 0.818. The number of hydrogen-bond donors (Lipinski definition) is 3. The number of carbonyl (C=O) groups is 2. The van der Waals surface area contributed by atoms with E-state index in [0.29, 0.717) is 6.04 Å². The SMILES string of the molecule is C[C@H](NC1CCCCCC1)C(=O)NC(N)=O. The number of rotatable bonds is 3. The molecule has 1 aliphatic carbocycles. The molecule has 1 fully saturated rings. The number of hydrogen-bond acceptors (Lipinski definition) is 3. The molecule has 0 radical (unpaired) electrons. The van der Waals surface area contributed by atoms with Crippen LogP contribution in [0.15, 0.2) is 0 Å². The molecular formula is C11H21N3O2. The van der Waals surface area contributed by atoms with Gasteiger partial charge in [-0.2, -0.15) is 0 Å². The zero-order chi connectivity index (χ0) is 12.0. The largest absolute Gasteiger partial charge is 0.351 e. The predicted molar refractivity (Wildman–Crippen MR) is 61.8 cm³/mol. The Morgan fingerprint density at radius 3 is 2.25 bits per heavy atom. The molecule has 5 heteroatoms. The van der Waals surface area contributed by atoms with Crippen LogP contribution in [0.2, 0.25) is 0 Å². The van der Waals surface area contributed by atoms with E-state index in [-0.39, 0.29) is 11.9 Å². The van der Waals surface area contributed by atoms with Gasteiger partial charge in [0, 0.05) is 6.04 Å². The lowest BCUT2D eigenvalue weighted by molar-refractivity contribution is -0.121. The zero-order valence-corrected chi connectivity index (χ0v) is 9.79. The Morgan fingerprint density at radius 2 is 1.75 bits per heavy atom. The lowest BCUT2D eigenvalue weighted by atomic mass is 10.1. The van der Waals surface area contributed by atoms with Gasteiger partial charge >= 0.3 is 6.03 Å². The van der Waals surface area contributed by atoms with E-state index in [1.165, 1.54) is 25.7 Å². The van der Waals surface area contributed by atoms with Crippen molar-refractivity contribution in [2.45, 2.75) is 57.5 Å². The summed E-state index contributed by atoms with van der Waals surface area (Å²) in [4.78, 5) is 22.0. The van der Waals surface area contributed by atoms with Crippen molar-refractivity contribution in [1.29, 1.82) is 0 Å². The van der Waals surface area contributed by atoms with Gasteiger partial charge in [0.1, 0.15) is 0 Å². The molecule has 0 aromatic rings. The normalized spacial score (nSPS) is 19.8. The fourth-order valence-electron chi connectivity index (χ4n) is 2.10. The van der Waals surface area contributed by atoms with Crippen LogP contribution in [0.4, 0.5) is 4.79 Å². The van der Waals surface area contributed by atoms with Crippen LogP contribution in [0.3, 0.4) is 0 Å². The van der Waals surface area contributed by atoms with Crippen LogP contribution in [0.25, 0.3) is 0 Å². The summed E-state index contributed by atoms with van der Waals surface area (Å²) < 4.78 is 0. The van der Waals surface area contributed by atoms with Crippen molar-refractivity contribution in [2.75, 3.05) is 0 Å². The van der Waals surface area contributed by atoms with Crippen molar-refractivity contribution in [3.8, 4) is 0 Å². The molecule has 0 saturated heterocycles. The topological polar surface area (TPSA) is 84.2 Å². The Balaban J connectivity index is 2.33. The molecule has 3 amide bonds. The molecule has 16 heavy (non-hydrogen) atoms. The van der Waals surface area contributed by atoms with Gasteiger partial charge in [0.05, 0.1) is 6.04 Å².